The van der Waals surface area contributed by atoms with Gasteiger partial charge in [-0.3, -0.25) is 0 Å². The van der Waals surface area contributed by atoms with Crippen molar-refractivity contribution in [3.05, 3.63) is 0 Å². The fourth-order valence-corrected chi connectivity index (χ4v) is 1.12. The highest BCUT2D eigenvalue weighted by Crippen LogP contribution is 1.90. The molecule has 0 atom stereocenters. The SMILES string of the molecule is CCC(=S)OCCOCCOCCOC(=S)CC. The van der Waals surface area contributed by atoms with Crippen molar-refractivity contribution in [1.29, 1.82) is 0 Å². The standard InChI is InChI=1S/C12H22O4S2/c1-3-11(17)15-9-7-13-5-6-14-8-10-16-12(18)4-2/h3-10H2,1-2H3. The molecule has 0 unspecified atom stereocenters. The molecule has 0 fully saturated rings. The maximum atomic E-state index is 5.30. The molecule has 18 heavy (non-hydrogen) atoms. The Hall–Kier alpha value is -0.300. The van der Waals surface area contributed by atoms with E-state index in [0.717, 1.165) is 12.8 Å². The average Bonchev–Trinajstić information content (AvgIpc) is 2.40. The zero-order valence-electron chi connectivity index (χ0n) is 11.1. The summed E-state index contributed by atoms with van der Waals surface area (Å²) in [6, 6.07) is 0. The molecule has 0 amide bonds. The lowest BCUT2D eigenvalue weighted by atomic mass is 10.5. The van der Waals surface area contributed by atoms with E-state index in [2.05, 4.69) is 0 Å². The number of hydrogen-bond acceptors (Lipinski definition) is 6. The molecule has 0 radical (unpaired) electrons. The minimum atomic E-state index is 0.501. The van der Waals surface area contributed by atoms with Crippen LogP contribution >= 0.6 is 24.4 Å². The topological polar surface area (TPSA) is 36.9 Å². The highest BCUT2D eigenvalue weighted by Gasteiger charge is 1.95. The van der Waals surface area contributed by atoms with E-state index >= 15 is 0 Å². The van der Waals surface area contributed by atoms with E-state index in [9.17, 15) is 0 Å². The summed E-state index contributed by atoms with van der Waals surface area (Å²) in [6.07, 6.45) is 1.52. The zero-order valence-corrected chi connectivity index (χ0v) is 12.7. The highest BCUT2D eigenvalue weighted by molar-refractivity contribution is 7.80. The molecule has 0 aliphatic heterocycles. The second-order valence-corrected chi connectivity index (χ2v) is 4.28. The summed E-state index contributed by atoms with van der Waals surface area (Å²) in [7, 11) is 0. The van der Waals surface area contributed by atoms with Crippen LogP contribution in [0.2, 0.25) is 0 Å². The third-order valence-electron chi connectivity index (χ3n) is 1.93. The van der Waals surface area contributed by atoms with Gasteiger partial charge in [-0.25, -0.2) is 0 Å². The van der Waals surface area contributed by atoms with Crippen molar-refractivity contribution in [2.45, 2.75) is 26.7 Å². The predicted molar refractivity (Wildman–Crippen MR) is 79.3 cm³/mol. The Morgan fingerprint density at radius 3 is 1.33 bits per heavy atom. The quantitative estimate of drug-likeness (QED) is 0.430. The van der Waals surface area contributed by atoms with E-state index in [1.807, 2.05) is 13.8 Å². The minimum absolute atomic E-state index is 0.501. The van der Waals surface area contributed by atoms with Crippen LogP contribution in [-0.4, -0.2) is 49.7 Å². The average molecular weight is 294 g/mol. The fourth-order valence-electron chi connectivity index (χ4n) is 0.955. The van der Waals surface area contributed by atoms with Crippen LogP contribution in [0.25, 0.3) is 0 Å². The maximum absolute atomic E-state index is 5.30. The molecular weight excluding hydrogens is 272 g/mol. The predicted octanol–water partition coefficient (Wildman–Crippen LogP) is 2.53. The van der Waals surface area contributed by atoms with Gasteiger partial charge in [0.2, 0.25) is 0 Å². The zero-order chi connectivity index (χ0) is 13.6. The molecule has 0 aromatic rings. The Morgan fingerprint density at radius 1 is 0.667 bits per heavy atom. The third-order valence-corrected chi connectivity index (χ3v) is 2.74. The Kier molecular flexibility index (Phi) is 12.9. The molecule has 0 spiro atoms. The number of rotatable bonds is 11. The van der Waals surface area contributed by atoms with Crippen LogP contribution in [0.5, 0.6) is 0 Å². The second-order valence-electron chi connectivity index (χ2n) is 3.37. The summed E-state index contributed by atoms with van der Waals surface area (Å²) in [5.41, 5.74) is 0. The smallest absolute Gasteiger partial charge is 0.159 e. The van der Waals surface area contributed by atoms with Crippen molar-refractivity contribution in [2.75, 3.05) is 39.6 Å². The van der Waals surface area contributed by atoms with Gasteiger partial charge in [-0.1, -0.05) is 13.8 Å². The first-order valence-electron chi connectivity index (χ1n) is 6.17. The van der Waals surface area contributed by atoms with Crippen LogP contribution in [0, 0.1) is 0 Å². The molecule has 0 saturated heterocycles. The van der Waals surface area contributed by atoms with E-state index in [0.29, 0.717) is 49.7 Å². The van der Waals surface area contributed by atoms with Crippen molar-refractivity contribution in [2.24, 2.45) is 0 Å². The Morgan fingerprint density at radius 2 is 1.00 bits per heavy atom. The second kappa shape index (κ2) is 13.1. The fraction of sp³-hybridized carbons (Fsp3) is 0.833. The van der Waals surface area contributed by atoms with E-state index in [4.69, 9.17) is 43.4 Å². The number of ether oxygens (including phenoxy) is 4. The first kappa shape index (κ1) is 17.7. The minimum Gasteiger partial charge on any atom is -0.485 e. The molecule has 0 bridgehead atoms. The molecule has 0 aliphatic rings. The summed E-state index contributed by atoms with van der Waals surface area (Å²) < 4.78 is 21.0. The molecule has 0 aliphatic carbocycles. The van der Waals surface area contributed by atoms with Gasteiger partial charge < -0.3 is 18.9 Å². The van der Waals surface area contributed by atoms with Gasteiger partial charge in [0, 0.05) is 12.8 Å². The van der Waals surface area contributed by atoms with Crippen molar-refractivity contribution in [1.82, 2.24) is 0 Å². The third kappa shape index (κ3) is 12.2. The molecule has 0 rings (SSSR count). The molecule has 106 valence electrons. The van der Waals surface area contributed by atoms with Crippen molar-refractivity contribution < 1.29 is 18.9 Å². The summed E-state index contributed by atoms with van der Waals surface area (Å²) >= 11 is 9.82. The van der Waals surface area contributed by atoms with Crippen LogP contribution in [-0.2, 0) is 18.9 Å². The van der Waals surface area contributed by atoms with Gasteiger partial charge in [0.25, 0.3) is 0 Å². The summed E-state index contributed by atoms with van der Waals surface area (Å²) in [5.74, 6) is 0. The van der Waals surface area contributed by atoms with E-state index < -0.39 is 0 Å². The Balaban J connectivity index is 3.07. The Bertz CT molecular complexity index is 210. The van der Waals surface area contributed by atoms with Gasteiger partial charge in [0.1, 0.15) is 13.2 Å². The Labute approximate surface area is 120 Å². The lowest BCUT2D eigenvalue weighted by Crippen LogP contribution is -2.13. The molecule has 0 aromatic heterocycles. The largest absolute Gasteiger partial charge is 0.485 e. The number of thiocarbonyl (C=S) groups is 2. The maximum Gasteiger partial charge on any atom is 0.159 e. The van der Waals surface area contributed by atoms with Crippen LogP contribution < -0.4 is 0 Å². The van der Waals surface area contributed by atoms with Crippen molar-refractivity contribution >= 4 is 34.5 Å². The van der Waals surface area contributed by atoms with E-state index in [1.54, 1.807) is 0 Å². The van der Waals surface area contributed by atoms with Crippen molar-refractivity contribution in [3.63, 3.8) is 0 Å². The van der Waals surface area contributed by atoms with E-state index in [-0.39, 0.29) is 0 Å². The van der Waals surface area contributed by atoms with Crippen LogP contribution in [0.3, 0.4) is 0 Å². The normalized spacial score (nSPS) is 10.1. The van der Waals surface area contributed by atoms with Crippen LogP contribution in [0.4, 0.5) is 0 Å². The van der Waals surface area contributed by atoms with E-state index in [1.165, 1.54) is 0 Å². The van der Waals surface area contributed by atoms with Gasteiger partial charge in [0.15, 0.2) is 10.1 Å². The van der Waals surface area contributed by atoms with Gasteiger partial charge >= 0.3 is 0 Å². The molecule has 4 nitrogen and oxygen atoms in total. The first-order chi connectivity index (χ1) is 8.70. The van der Waals surface area contributed by atoms with Gasteiger partial charge in [0.05, 0.1) is 26.4 Å². The first-order valence-corrected chi connectivity index (χ1v) is 6.99. The summed E-state index contributed by atoms with van der Waals surface area (Å²) in [4.78, 5) is 0. The summed E-state index contributed by atoms with van der Waals surface area (Å²) in [5, 5.41) is 1.25. The van der Waals surface area contributed by atoms with Crippen molar-refractivity contribution in [3.8, 4) is 0 Å². The summed E-state index contributed by atoms with van der Waals surface area (Å²) in [6.45, 7) is 7.06. The molecule has 0 N–H and O–H groups in total. The van der Waals surface area contributed by atoms with Gasteiger partial charge in [-0.15, -0.1) is 0 Å². The molecule has 0 aromatic carbocycles. The lowest BCUT2D eigenvalue weighted by molar-refractivity contribution is 0.0252. The van der Waals surface area contributed by atoms with Crippen LogP contribution in [0.15, 0.2) is 0 Å². The molecule has 0 heterocycles. The van der Waals surface area contributed by atoms with Gasteiger partial charge in [-0.2, -0.15) is 0 Å². The van der Waals surface area contributed by atoms with Gasteiger partial charge in [-0.05, 0) is 24.4 Å². The molecule has 6 heteroatoms. The monoisotopic (exact) mass is 294 g/mol. The lowest BCUT2D eigenvalue weighted by Gasteiger charge is -2.08. The molecular formula is C12H22O4S2. The van der Waals surface area contributed by atoms with Crippen LogP contribution in [0.1, 0.15) is 26.7 Å². The molecule has 0 saturated carbocycles. The number of hydrogen-bond donors (Lipinski definition) is 0. The highest BCUT2D eigenvalue weighted by atomic mass is 32.1.